The molecule has 0 aliphatic heterocycles. The Morgan fingerprint density at radius 1 is 0.828 bits per heavy atom. The number of hydrogen-bond donors (Lipinski definition) is 1. The molecule has 0 fully saturated rings. The highest BCUT2D eigenvalue weighted by atomic mass is 16.5. The van der Waals surface area contributed by atoms with Crippen LogP contribution in [0.1, 0.15) is 28.4 Å². The number of nitrogens with one attached hydrogen (secondary N) is 1. The Bertz CT molecular complexity index is 945. The molecule has 3 aromatic carbocycles. The summed E-state index contributed by atoms with van der Waals surface area (Å²) in [6.07, 6.45) is 0.759. The van der Waals surface area contributed by atoms with Crippen LogP contribution in [0.3, 0.4) is 0 Å². The van der Waals surface area contributed by atoms with Crippen molar-refractivity contribution < 1.29 is 19.0 Å². The molecule has 0 aliphatic rings. The minimum atomic E-state index is -0.145. The normalized spacial score (nSPS) is 10.3. The van der Waals surface area contributed by atoms with E-state index in [0.717, 1.165) is 17.5 Å². The van der Waals surface area contributed by atoms with Crippen LogP contribution in [0, 0.1) is 0 Å². The van der Waals surface area contributed by atoms with E-state index in [1.165, 1.54) is 0 Å². The first-order chi connectivity index (χ1) is 14.2. The fourth-order valence-corrected chi connectivity index (χ4v) is 3.08. The molecule has 0 bridgehead atoms. The Hall–Kier alpha value is -3.47. The number of ether oxygens (including phenoxy) is 3. The zero-order valence-electron chi connectivity index (χ0n) is 16.9. The maximum atomic E-state index is 12.7. The predicted molar refractivity (Wildman–Crippen MR) is 113 cm³/mol. The molecule has 0 unspecified atom stereocenters. The molecule has 1 amide bonds. The molecule has 0 saturated heterocycles. The number of amides is 1. The molecule has 3 rings (SSSR count). The number of methoxy groups -OCH3 is 2. The van der Waals surface area contributed by atoms with Crippen LogP contribution in [0.5, 0.6) is 23.0 Å². The summed E-state index contributed by atoms with van der Waals surface area (Å²) in [4.78, 5) is 12.7. The highest BCUT2D eigenvalue weighted by Gasteiger charge is 2.16. The van der Waals surface area contributed by atoms with Crippen molar-refractivity contribution in [3.63, 3.8) is 0 Å². The number of rotatable bonds is 8. The molecule has 1 N–H and O–H groups in total. The summed E-state index contributed by atoms with van der Waals surface area (Å²) < 4.78 is 16.5. The average molecular weight is 391 g/mol. The van der Waals surface area contributed by atoms with Crippen molar-refractivity contribution in [2.75, 3.05) is 14.2 Å². The van der Waals surface area contributed by atoms with E-state index >= 15 is 0 Å². The molecule has 0 aromatic heterocycles. The molecular formula is C24H25NO4. The molecular weight excluding hydrogens is 366 g/mol. The van der Waals surface area contributed by atoms with Gasteiger partial charge in [0.05, 0.1) is 19.8 Å². The van der Waals surface area contributed by atoms with E-state index in [-0.39, 0.29) is 5.91 Å². The van der Waals surface area contributed by atoms with Gasteiger partial charge in [0.25, 0.3) is 5.91 Å². The largest absolute Gasteiger partial charge is 0.496 e. The van der Waals surface area contributed by atoms with Gasteiger partial charge < -0.3 is 19.5 Å². The van der Waals surface area contributed by atoms with E-state index < -0.39 is 0 Å². The van der Waals surface area contributed by atoms with Crippen LogP contribution < -0.4 is 19.5 Å². The van der Waals surface area contributed by atoms with Gasteiger partial charge in [-0.1, -0.05) is 43.3 Å². The Kier molecular flexibility index (Phi) is 6.74. The van der Waals surface area contributed by atoms with E-state index in [9.17, 15) is 4.79 Å². The summed E-state index contributed by atoms with van der Waals surface area (Å²) in [5.74, 6) is 2.46. The van der Waals surface area contributed by atoms with Gasteiger partial charge in [-0.05, 0) is 47.9 Å². The number of para-hydroxylation sites is 2. The van der Waals surface area contributed by atoms with Crippen LogP contribution in [0.4, 0.5) is 0 Å². The number of hydrogen-bond acceptors (Lipinski definition) is 4. The van der Waals surface area contributed by atoms with Gasteiger partial charge in [0.15, 0.2) is 11.5 Å². The summed E-state index contributed by atoms with van der Waals surface area (Å²) in [7, 11) is 3.19. The Morgan fingerprint density at radius 2 is 1.48 bits per heavy atom. The summed E-state index contributed by atoms with van der Waals surface area (Å²) in [6, 6.07) is 20.7. The first kappa shape index (κ1) is 20.3. The van der Waals surface area contributed by atoms with Gasteiger partial charge in [0, 0.05) is 6.54 Å². The first-order valence-electron chi connectivity index (χ1n) is 9.50. The zero-order chi connectivity index (χ0) is 20.6. The molecule has 3 aromatic rings. The minimum absolute atomic E-state index is 0.145. The Balaban J connectivity index is 1.66. The third-order valence-electron chi connectivity index (χ3n) is 4.61. The standard InChI is InChI=1S/C24H25NO4/c1-4-18-8-7-11-22(28-3)23(18)24(26)25-16-17-12-14-19(15-13-17)29-21-10-6-5-9-20(21)27-2/h5-15H,4,16H2,1-3H3,(H,25,26). The van der Waals surface area contributed by atoms with Gasteiger partial charge in [-0.3, -0.25) is 4.79 Å². The van der Waals surface area contributed by atoms with Gasteiger partial charge >= 0.3 is 0 Å². The molecule has 0 heterocycles. The first-order valence-corrected chi connectivity index (χ1v) is 9.50. The molecule has 0 saturated carbocycles. The third-order valence-corrected chi connectivity index (χ3v) is 4.61. The Morgan fingerprint density at radius 3 is 2.14 bits per heavy atom. The Labute approximate surface area is 171 Å². The van der Waals surface area contributed by atoms with Crippen molar-refractivity contribution in [2.45, 2.75) is 19.9 Å². The van der Waals surface area contributed by atoms with E-state index in [0.29, 0.717) is 35.1 Å². The summed E-state index contributed by atoms with van der Waals surface area (Å²) >= 11 is 0. The van der Waals surface area contributed by atoms with Crippen LogP contribution in [-0.2, 0) is 13.0 Å². The van der Waals surface area contributed by atoms with Crippen LogP contribution >= 0.6 is 0 Å². The second-order valence-corrected chi connectivity index (χ2v) is 6.43. The fourth-order valence-electron chi connectivity index (χ4n) is 3.08. The molecule has 29 heavy (non-hydrogen) atoms. The third kappa shape index (κ3) is 4.88. The summed E-state index contributed by atoms with van der Waals surface area (Å²) in [6.45, 7) is 2.43. The number of benzene rings is 3. The zero-order valence-corrected chi connectivity index (χ0v) is 16.9. The van der Waals surface area contributed by atoms with Crippen LogP contribution in [0.2, 0.25) is 0 Å². The lowest BCUT2D eigenvalue weighted by Crippen LogP contribution is -2.24. The van der Waals surface area contributed by atoms with Crippen LogP contribution in [0.15, 0.2) is 66.7 Å². The van der Waals surface area contributed by atoms with Gasteiger partial charge in [0.1, 0.15) is 11.5 Å². The van der Waals surface area contributed by atoms with Crippen molar-refractivity contribution in [2.24, 2.45) is 0 Å². The van der Waals surface area contributed by atoms with E-state index in [1.807, 2.05) is 67.6 Å². The van der Waals surface area contributed by atoms with Crippen LogP contribution in [-0.4, -0.2) is 20.1 Å². The van der Waals surface area contributed by atoms with Crippen LogP contribution in [0.25, 0.3) is 0 Å². The maximum Gasteiger partial charge on any atom is 0.255 e. The highest BCUT2D eigenvalue weighted by Crippen LogP contribution is 2.31. The van der Waals surface area contributed by atoms with Crippen molar-refractivity contribution in [3.05, 3.63) is 83.4 Å². The molecule has 0 aliphatic carbocycles. The topological polar surface area (TPSA) is 56.8 Å². The van der Waals surface area contributed by atoms with E-state index in [2.05, 4.69) is 5.32 Å². The highest BCUT2D eigenvalue weighted by molar-refractivity contribution is 5.98. The lowest BCUT2D eigenvalue weighted by atomic mass is 10.0. The number of aryl methyl sites for hydroxylation is 1. The van der Waals surface area contributed by atoms with Gasteiger partial charge in [-0.15, -0.1) is 0 Å². The molecule has 0 spiro atoms. The predicted octanol–water partition coefficient (Wildman–Crippen LogP) is 4.99. The van der Waals surface area contributed by atoms with Gasteiger partial charge in [0.2, 0.25) is 0 Å². The second kappa shape index (κ2) is 9.64. The quantitative estimate of drug-likeness (QED) is 0.588. The molecule has 0 radical (unpaired) electrons. The van der Waals surface area contributed by atoms with Crippen molar-refractivity contribution in [1.82, 2.24) is 5.32 Å². The summed E-state index contributed by atoms with van der Waals surface area (Å²) in [5.41, 5.74) is 2.52. The maximum absolute atomic E-state index is 12.7. The number of carbonyl (C=O) groups excluding carboxylic acids is 1. The van der Waals surface area contributed by atoms with E-state index in [4.69, 9.17) is 14.2 Å². The van der Waals surface area contributed by atoms with Crippen molar-refractivity contribution >= 4 is 5.91 Å². The van der Waals surface area contributed by atoms with Gasteiger partial charge in [-0.2, -0.15) is 0 Å². The molecule has 5 heteroatoms. The lowest BCUT2D eigenvalue weighted by molar-refractivity contribution is 0.0947. The second-order valence-electron chi connectivity index (χ2n) is 6.43. The SMILES string of the molecule is CCc1cccc(OC)c1C(=O)NCc1ccc(Oc2ccccc2OC)cc1. The lowest BCUT2D eigenvalue weighted by Gasteiger charge is -2.13. The smallest absolute Gasteiger partial charge is 0.255 e. The molecule has 150 valence electrons. The van der Waals surface area contributed by atoms with E-state index in [1.54, 1.807) is 20.3 Å². The number of carbonyl (C=O) groups is 1. The molecule has 5 nitrogen and oxygen atoms in total. The van der Waals surface area contributed by atoms with Crippen molar-refractivity contribution in [1.29, 1.82) is 0 Å². The minimum Gasteiger partial charge on any atom is -0.496 e. The molecule has 0 atom stereocenters. The summed E-state index contributed by atoms with van der Waals surface area (Å²) in [5, 5.41) is 2.97. The van der Waals surface area contributed by atoms with Crippen molar-refractivity contribution in [3.8, 4) is 23.0 Å². The monoisotopic (exact) mass is 391 g/mol. The fraction of sp³-hybridized carbons (Fsp3) is 0.208. The average Bonchev–Trinajstić information content (AvgIpc) is 2.78. The van der Waals surface area contributed by atoms with Gasteiger partial charge in [-0.25, -0.2) is 0 Å².